The molecule has 1 amide bonds. The summed E-state index contributed by atoms with van der Waals surface area (Å²) in [6.07, 6.45) is 1.73. The van der Waals surface area contributed by atoms with Crippen LogP contribution in [0, 0.1) is 5.92 Å². The van der Waals surface area contributed by atoms with Gasteiger partial charge in [-0.05, 0) is 31.4 Å². The molecule has 3 rings (SSSR count). The summed E-state index contributed by atoms with van der Waals surface area (Å²) in [5, 5.41) is 3.38. The van der Waals surface area contributed by atoms with Crippen LogP contribution >= 0.6 is 24.8 Å². The molecule has 1 aromatic carbocycles. The smallest absolute Gasteiger partial charge is 0.224 e. The monoisotopic (exact) mass is 417 g/mol. The third-order valence-corrected chi connectivity index (χ3v) is 5.25. The number of carbonyl (C=O) groups is 1. The predicted octanol–water partition coefficient (Wildman–Crippen LogP) is 2.58. The number of ether oxygens (including phenoxy) is 1. The van der Waals surface area contributed by atoms with E-state index in [1.165, 1.54) is 12.0 Å². The van der Waals surface area contributed by atoms with Crippen molar-refractivity contribution < 1.29 is 9.53 Å². The minimum absolute atomic E-state index is 0. The molecule has 2 aliphatic heterocycles. The zero-order valence-corrected chi connectivity index (χ0v) is 17.8. The molecule has 5 nitrogen and oxygen atoms in total. The van der Waals surface area contributed by atoms with Crippen molar-refractivity contribution in [3.05, 3.63) is 35.9 Å². The zero-order valence-electron chi connectivity index (χ0n) is 16.1. The maximum atomic E-state index is 12.6. The molecule has 2 aliphatic rings. The molecule has 2 saturated heterocycles. The summed E-state index contributed by atoms with van der Waals surface area (Å²) < 4.78 is 5.46. The lowest BCUT2D eigenvalue weighted by molar-refractivity contribution is -0.132. The van der Waals surface area contributed by atoms with Crippen LogP contribution in [0.3, 0.4) is 0 Å². The quantitative estimate of drug-likeness (QED) is 0.740. The molecule has 0 radical (unpaired) electrons. The lowest BCUT2D eigenvalue weighted by atomic mass is 10.1. The van der Waals surface area contributed by atoms with E-state index >= 15 is 0 Å². The van der Waals surface area contributed by atoms with Gasteiger partial charge in [-0.25, -0.2) is 0 Å². The molecule has 2 heterocycles. The molecule has 2 atom stereocenters. The lowest BCUT2D eigenvalue weighted by Crippen LogP contribution is -2.46. The Morgan fingerprint density at radius 3 is 2.74 bits per heavy atom. The summed E-state index contributed by atoms with van der Waals surface area (Å²) in [6, 6.07) is 10.8. The maximum absolute atomic E-state index is 12.6. The number of hydrogen-bond donors (Lipinski definition) is 1. The number of morpholine rings is 1. The van der Waals surface area contributed by atoms with Gasteiger partial charge in [0, 0.05) is 45.2 Å². The molecule has 0 aliphatic carbocycles. The number of nitrogens with zero attached hydrogens (tertiary/aromatic N) is 2. The largest absolute Gasteiger partial charge is 0.378 e. The Kier molecular flexibility index (Phi) is 11.3. The predicted molar refractivity (Wildman–Crippen MR) is 114 cm³/mol. The second kappa shape index (κ2) is 12.6. The average molecular weight is 418 g/mol. The highest BCUT2D eigenvalue weighted by atomic mass is 35.5. The summed E-state index contributed by atoms with van der Waals surface area (Å²) in [5.41, 5.74) is 1.37. The van der Waals surface area contributed by atoms with Gasteiger partial charge in [-0.3, -0.25) is 9.69 Å². The Morgan fingerprint density at radius 2 is 2.07 bits per heavy atom. The Hall–Kier alpha value is -0.850. The van der Waals surface area contributed by atoms with Crippen LogP contribution in [-0.4, -0.2) is 67.7 Å². The van der Waals surface area contributed by atoms with E-state index in [2.05, 4.69) is 47.5 Å². The van der Waals surface area contributed by atoms with E-state index in [9.17, 15) is 4.79 Å². The van der Waals surface area contributed by atoms with Crippen LogP contribution in [0.1, 0.15) is 25.3 Å². The maximum Gasteiger partial charge on any atom is 0.224 e. The van der Waals surface area contributed by atoms with E-state index in [0.29, 0.717) is 18.9 Å². The van der Waals surface area contributed by atoms with Gasteiger partial charge in [0.15, 0.2) is 0 Å². The fourth-order valence-electron chi connectivity index (χ4n) is 3.86. The summed E-state index contributed by atoms with van der Waals surface area (Å²) in [5.74, 6) is 0.843. The second-order valence-corrected chi connectivity index (χ2v) is 7.24. The van der Waals surface area contributed by atoms with Gasteiger partial charge in [-0.2, -0.15) is 0 Å². The molecule has 2 fully saturated rings. The number of amides is 1. The minimum atomic E-state index is 0. The molecular formula is C20H33Cl2N3O2. The third-order valence-electron chi connectivity index (χ3n) is 5.25. The fourth-order valence-corrected chi connectivity index (χ4v) is 3.86. The molecule has 0 spiro atoms. The molecule has 1 aromatic rings. The number of rotatable bonds is 7. The van der Waals surface area contributed by atoms with Gasteiger partial charge in [-0.15, -0.1) is 24.8 Å². The first-order valence-corrected chi connectivity index (χ1v) is 9.59. The molecule has 2 unspecified atom stereocenters. The number of nitrogens with one attached hydrogen (secondary N) is 1. The van der Waals surface area contributed by atoms with E-state index in [1.807, 2.05) is 4.90 Å². The van der Waals surface area contributed by atoms with Gasteiger partial charge in [0.2, 0.25) is 5.91 Å². The SMILES string of the molecule is CCN(CC1CCN(Cc2ccccc2)C1)C(=O)CC1COCCN1.Cl.Cl. The molecule has 1 N–H and O–H groups in total. The average Bonchev–Trinajstić information content (AvgIpc) is 3.08. The van der Waals surface area contributed by atoms with Gasteiger partial charge in [-0.1, -0.05) is 30.3 Å². The highest BCUT2D eigenvalue weighted by molar-refractivity contribution is 5.85. The van der Waals surface area contributed by atoms with Crippen molar-refractivity contribution in [2.75, 3.05) is 45.9 Å². The number of carbonyl (C=O) groups excluding carboxylic acids is 1. The first-order valence-electron chi connectivity index (χ1n) is 9.59. The molecule has 0 bridgehead atoms. The summed E-state index contributed by atoms with van der Waals surface area (Å²) in [4.78, 5) is 17.2. The molecule has 0 aromatic heterocycles. The highest BCUT2D eigenvalue weighted by Crippen LogP contribution is 2.20. The molecule has 7 heteroatoms. The van der Waals surface area contributed by atoms with Crippen molar-refractivity contribution in [1.29, 1.82) is 0 Å². The van der Waals surface area contributed by atoms with E-state index < -0.39 is 0 Å². The van der Waals surface area contributed by atoms with Crippen molar-refractivity contribution >= 4 is 30.7 Å². The summed E-state index contributed by atoms with van der Waals surface area (Å²) in [6.45, 7) is 9.24. The van der Waals surface area contributed by atoms with E-state index in [1.54, 1.807) is 0 Å². The summed E-state index contributed by atoms with van der Waals surface area (Å²) >= 11 is 0. The topological polar surface area (TPSA) is 44.8 Å². The number of hydrogen-bond acceptors (Lipinski definition) is 4. The van der Waals surface area contributed by atoms with Gasteiger partial charge in [0.05, 0.1) is 13.2 Å². The number of benzene rings is 1. The second-order valence-electron chi connectivity index (χ2n) is 7.24. The van der Waals surface area contributed by atoms with Crippen molar-refractivity contribution in [2.24, 2.45) is 5.92 Å². The Bertz CT molecular complexity index is 541. The van der Waals surface area contributed by atoms with Crippen molar-refractivity contribution in [3.8, 4) is 0 Å². The first kappa shape index (κ1) is 24.2. The Balaban J connectivity index is 0.00000182. The lowest BCUT2D eigenvalue weighted by Gasteiger charge is -2.28. The fraction of sp³-hybridized carbons (Fsp3) is 0.650. The third kappa shape index (κ3) is 7.59. The van der Waals surface area contributed by atoms with E-state index in [-0.39, 0.29) is 36.8 Å². The molecule has 0 saturated carbocycles. The Morgan fingerprint density at radius 1 is 1.30 bits per heavy atom. The number of likely N-dealkylation sites (tertiary alicyclic amines) is 1. The van der Waals surface area contributed by atoms with Crippen molar-refractivity contribution in [1.82, 2.24) is 15.1 Å². The van der Waals surface area contributed by atoms with Gasteiger partial charge in [0.1, 0.15) is 0 Å². The standard InChI is InChI=1S/C20H31N3O2.2ClH/c1-2-23(20(24)12-19-16-25-11-9-21-19)15-18-8-10-22(14-18)13-17-6-4-3-5-7-17;;/h3-7,18-19,21H,2,8-16H2,1H3;2*1H. The number of halogens is 2. The van der Waals surface area contributed by atoms with Crippen molar-refractivity contribution in [2.45, 2.75) is 32.4 Å². The van der Waals surface area contributed by atoms with E-state index in [4.69, 9.17) is 4.74 Å². The van der Waals surface area contributed by atoms with Crippen molar-refractivity contribution in [3.63, 3.8) is 0 Å². The van der Waals surface area contributed by atoms with Crippen LogP contribution in [0.4, 0.5) is 0 Å². The molecule has 27 heavy (non-hydrogen) atoms. The van der Waals surface area contributed by atoms with Crippen LogP contribution in [0.15, 0.2) is 30.3 Å². The molecule has 154 valence electrons. The zero-order chi connectivity index (χ0) is 17.5. The van der Waals surface area contributed by atoms with Gasteiger partial charge < -0.3 is 15.0 Å². The van der Waals surface area contributed by atoms with Gasteiger partial charge in [0.25, 0.3) is 0 Å². The van der Waals surface area contributed by atoms with Gasteiger partial charge >= 0.3 is 0 Å². The normalized spacial score (nSPS) is 22.6. The Labute approximate surface area is 175 Å². The molecular weight excluding hydrogens is 385 g/mol. The van der Waals surface area contributed by atoms with E-state index in [0.717, 1.165) is 45.9 Å². The van der Waals surface area contributed by atoms with Crippen LogP contribution < -0.4 is 5.32 Å². The first-order chi connectivity index (χ1) is 12.2. The van der Waals surface area contributed by atoms with Crippen LogP contribution in [-0.2, 0) is 16.1 Å². The van der Waals surface area contributed by atoms with Crippen LogP contribution in [0.25, 0.3) is 0 Å². The minimum Gasteiger partial charge on any atom is -0.378 e. The summed E-state index contributed by atoms with van der Waals surface area (Å²) in [7, 11) is 0. The highest BCUT2D eigenvalue weighted by Gasteiger charge is 2.27. The van der Waals surface area contributed by atoms with Crippen LogP contribution in [0.2, 0.25) is 0 Å². The van der Waals surface area contributed by atoms with Crippen LogP contribution in [0.5, 0.6) is 0 Å².